The Morgan fingerprint density at radius 2 is 1.97 bits per heavy atom. The SMILES string of the molecule is Cc1ccc(CC(=O)N2CCC3(CC2)C[C@@H](NC(=O)c2cnn(C)c2)CCO3)cc1. The van der Waals surface area contributed by atoms with Crippen LogP contribution in [0.25, 0.3) is 0 Å². The van der Waals surface area contributed by atoms with Crippen LogP contribution in [0, 0.1) is 6.92 Å². The number of carbonyl (C=O) groups excluding carboxylic acids is 2. The lowest BCUT2D eigenvalue weighted by Crippen LogP contribution is -2.54. The predicted molar refractivity (Wildman–Crippen MR) is 113 cm³/mol. The zero-order valence-electron chi connectivity index (χ0n) is 17.8. The summed E-state index contributed by atoms with van der Waals surface area (Å²) in [5, 5.41) is 7.21. The topological polar surface area (TPSA) is 76.5 Å². The van der Waals surface area contributed by atoms with E-state index in [1.54, 1.807) is 24.1 Å². The minimum absolute atomic E-state index is 0.0845. The summed E-state index contributed by atoms with van der Waals surface area (Å²) in [6, 6.07) is 8.23. The van der Waals surface area contributed by atoms with Gasteiger partial charge in [0.25, 0.3) is 5.91 Å². The molecule has 2 saturated heterocycles. The van der Waals surface area contributed by atoms with Gasteiger partial charge in [-0.3, -0.25) is 14.3 Å². The molecule has 2 aliphatic rings. The lowest BCUT2D eigenvalue weighted by Gasteiger charge is -2.46. The molecular formula is C23H30N4O3. The van der Waals surface area contributed by atoms with Crippen LogP contribution in [0.1, 0.15) is 47.2 Å². The number of carbonyl (C=O) groups is 2. The normalized spacial score (nSPS) is 20.9. The second-order valence-corrected chi connectivity index (χ2v) is 8.64. The molecule has 0 bridgehead atoms. The number of aryl methyl sites for hydroxylation is 2. The number of likely N-dealkylation sites (tertiary alicyclic amines) is 1. The zero-order valence-corrected chi connectivity index (χ0v) is 17.8. The third kappa shape index (κ3) is 4.73. The Bertz CT molecular complexity index is 897. The number of nitrogens with zero attached hydrogens (tertiary/aromatic N) is 3. The second-order valence-electron chi connectivity index (χ2n) is 8.64. The van der Waals surface area contributed by atoms with Gasteiger partial charge in [0.2, 0.25) is 5.91 Å². The van der Waals surface area contributed by atoms with E-state index >= 15 is 0 Å². The van der Waals surface area contributed by atoms with Crippen LogP contribution in [0.4, 0.5) is 0 Å². The van der Waals surface area contributed by atoms with Crippen LogP contribution in [-0.2, 0) is 23.0 Å². The molecule has 0 aliphatic carbocycles. The number of rotatable bonds is 4. The Hall–Kier alpha value is -2.67. The van der Waals surface area contributed by atoms with E-state index in [-0.39, 0.29) is 23.5 Å². The van der Waals surface area contributed by atoms with Gasteiger partial charge in [0, 0.05) is 39.0 Å². The van der Waals surface area contributed by atoms with Crippen LogP contribution in [0.5, 0.6) is 0 Å². The summed E-state index contributed by atoms with van der Waals surface area (Å²) in [6.45, 7) is 4.09. The fourth-order valence-electron chi connectivity index (χ4n) is 4.46. The number of benzene rings is 1. The van der Waals surface area contributed by atoms with Gasteiger partial charge in [-0.25, -0.2) is 0 Å². The van der Waals surface area contributed by atoms with Gasteiger partial charge >= 0.3 is 0 Å². The van der Waals surface area contributed by atoms with E-state index in [0.29, 0.717) is 31.7 Å². The number of aromatic nitrogens is 2. The third-order valence-electron chi connectivity index (χ3n) is 6.30. The maximum Gasteiger partial charge on any atom is 0.254 e. The Morgan fingerprint density at radius 3 is 2.63 bits per heavy atom. The van der Waals surface area contributed by atoms with Gasteiger partial charge in [-0.15, -0.1) is 0 Å². The van der Waals surface area contributed by atoms with Gasteiger partial charge in [-0.05, 0) is 38.2 Å². The van der Waals surface area contributed by atoms with Gasteiger partial charge in [0.15, 0.2) is 0 Å². The molecule has 0 unspecified atom stereocenters. The minimum atomic E-state index is -0.244. The number of nitrogens with one attached hydrogen (secondary N) is 1. The van der Waals surface area contributed by atoms with Crippen LogP contribution < -0.4 is 5.32 Å². The summed E-state index contributed by atoms with van der Waals surface area (Å²) in [5.41, 5.74) is 2.59. The van der Waals surface area contributed by atoms with Crippen LogP contribution >= 0.6 is 0 Å². The largest absolute Gasteiger partial charge is 0.375 e. The molecule has 7 nitrogen and oxygen atoms in total. The van der Waals surface area contributed by atoms with Crippen molar-refractivity contribution in [1.82, 2.24) is 20.0 Å². The molecule has 7 heteroatoms. The first kappa shape index (κ1) is 20.6. The second kappa shape index (κ2) is 8.60. The molecule has 2 aliphatic heterocycles. The van der Waals surface area contributed by atoms with Gasteiger partial charge < -0.3 is 15.0 Å². The summed E-state index contributed by atoms with van der Waals surface area (Å²) in [6.07, 6.45) is 6.98. The zero-order chi connectivity index (χ0) is 21.1. The summed E-state index contributed by atoms with van der Waals surface area (Å²) in [4.78, 5) is 27.1. The summed E-state index contributed by atoms with van der Waals surface area (Å²) < 4.78 is 7.81. The van der Waals surface area contributed by atoms with Crippen LogP contribution in [-0.4, -0.2) is 57.8 Å². The molecule has 160 valence electrons. The average molecular weight is 411 g/mol. The van der Waals surface area contributed by atoms with Crippen LogP contribution in [0.15, 0.2) is 36.7 Å². The Morgan fingerprint density at radius 1 is 1.23 bits per heavy atom. The predicted octanol–water partition coefficient (Wildman–Crippen LogP) is 2.24. The fraction of sp³-hybridized carbons (Fsp3) is 0.522. The molecule has 2 fully saturated rings. The van der Waals surface area contributed by atoms with E-state index in [4.69, 9.17) is 4.74 Å². The van der Waals surface area contributed by atoms with Gasteiger partial charge in [0.05, 0.1) is 23.8 Å². The lowest BCUT2D eigenvalue weighted by atomic mass is 9.82. The number of hydrogen-bond donors (Lipinski definition) is 1. The highest BCUT2D eigenvalue weighted by Crippen LogP contribution is 2.35. The first-order valence-electron chi connectivity index (χ1n) is 10.7. The molecule has 1 aromatic heterocycles. The maximum absolute atomic E-state index is 12.7. The van der Waals surface area contributed by atoms with Crippen molar-refractivity contribution >= 4 is 11.8 Å². The van der Waals surface area contributed by atoms with Crippen molar-refractivity contribution in [3.8, 4) is 0 Å². The molecule has 1 aromatic carbocycles. The Balaban J connectivity index is 1.30. The number of ether oxygens (including phenoxy) is 1. The first-order chi connectivity index (χ1) is 14.4. The molecule has 2 amide bonds. The third-order valence-corrected chi connectivity index (χ3v) is 6.30. The van der Waals surface area contributed by atoms with E-state index in [1.165, 1.54) is 5.56 Å². The van der Waals surface area contributed by atoms with Crippen LogP contribution in [0.2, 0.25) is 0 Å². The molecule has 1 N–H and O–H groups in total. The summed E-state index contributed by atoms with van der Waals surface area (Å²) in [5.74, 6) is 0.0850. The molecule has 1 atom stereocenters. The van der Waals surface area contributed by atoms with Crippen LogP contribution in [0.3, 0.4) is 0 Å². The van der Waals surface area contributed by atoms with E-state index in [2.05, 4.69) is 10.4 Å². The minimum Gasteiger partial charge on any atom is -0.375 e. The van der Waals surface area contributed by atoms with E-state index in [1.807, 2.05) is 36.1 Å². The Kier molecular flexibility index (Phi) is 5.90. The molecule has 30 heavy (non-hydrogen) atoms. The van der Waals surface area contributed by atoms with Gasteiger partial charge in [0.1, 0.15) is 0 Å². The van der Waals surface area contributed by atoms with Crippen molar-refractivity contribution in [2.45, 2.75) is 50.7 Å². The van der Waals surface area contributed by atoms with E-state index in [9.17, 15) is 9.59 Å². The summed E-state index contributed by atoms with van der Waals surface area (Å²) in [7, 11) is 1.80. The highest BCUT2D eigenvalue weighted by molar-refractivity contribution is 5.93. The quantitative estimate of drug-likeness (QED) is 0.839. The number of piperidine rings is 1. The van der Waals surface area contributed by atoms with Crippen molar-refractivity contribution in [2.75, 3.05) is 19.7 Å². The lowest BCUT2D eigenvalue weighted by molar-refractivity contribution is -0.143. The maximum atomic E-state index is 12.7. The first-order valence-corrected chi connectivity index (χ1v) is 10.7. The molecule has 0 radical (unpaired) electrons. The van der Waals surface area contributed by atoms with Crippen molar-refractivity contribution in [3.05, 3.63) is 53.3 Å². The average Bonchev–Trinajstić information content (AvgIpc) is 3.17. The monoisotopic (exact) mass is 410 g/mol. The van der Waals surface area contributed by atoms with Crippen molar-refractivity contribution in [2.24, 2.45) is 7.05 Å². The highest BCUT2D eigenvalue weighted by Gasteiger charge is 2.41. The van der Waals surface area contributed by atoms with Crippen molar-refractivity contribution < 1.29 is 14.3 Å². The fourth-order valence-corrected chi connectivity index (χ4v) is 4.46. The van der Waals surface area contributed by atoms with Gasteiger partial charge in [-0.1, -0.05) is 29.8 Å². The summed E-state index contributed by atoms with van der Waals surface area (Å²) >= 11 is 0. The smallest absolute Gasteiger partial charge is 0.254 e. The van der Waals surface area contributed by atoms with Crippen molar-refractivity contribution in [3.63, 3.8) is 0 Å². The molecule has 4 rings (SSSR count). The molecule has 2 aromatic rings. The molecular weight excluding hydrogens is 380 g/mol. The highest BCUT2D eigenvalue weighted by atomic mass is 16.5. The van der Waals surface area contributed by atoms with E-state index < -0.39 is 0 Å². The standard InChI is InChI=1S/C23H30N4O3/c1-17-3-5-18(6-4-17)13-21(28)27-10-8-23(9-11-27)14-20(7-12-30-23)25-22(29)19-15-24-26(2)16-19/h3-6,15-16,20H,7-14H2,1-2H3,(H,25,29)/t20-/m0/s1. The molecule has 1 spiro atoms. The Labute approximate surface area is 177 Å². The molecule has 0 saturated carbocycles. The van der Waals surface area contributed by atoms with E-state index in [0.717, 1.165) is 31.2 Å². The van der Waals surface area contributed by atoms with Crippen molar-refractivity contribution in [1.29, 1.82) is 0 Å². The number of amides is 2. The number of hydrogen-bond acceptors (Lipinski definition) is 4. The van der Waals surface area contributed by atoms with Gasteiger partial charge in [-0.2, -0.15) is 5.10 Å². The molecule has 3 heterocycles.